The molecular formula is C8H12BrN3. The normalized spacial score (nSPS) is 12.6. The molecule has 1 rings (SSSR count). The number of nitrogens with one attached hydrogen (secondary N) is 2. The topological polar surface area (TPSA) is 50.1 Å². The van der Waals surface area contributed by atoms with E-state index in [0.717, 1.165) is 10.2 Å². The number of hydrazine groups is 1. The van der Waals surface area contributed by atoms with Crippen LogP contribution < -0.4 is 16.6 Å². The van der Waals surface area contributed by atoms with Gasteiger partial charge in [0, 0.05) is 4.47 Å². The first kappa shape index (κ1) is 9.51. The van der Waals surface area contributed by atoms with Crippen molar-refractivity contribution < 1.29 is 0 Å². The Labute approximate surface area is 80.4 Å². The van der Waals surface area contributed by atoms with Crippen LogP contribution in [0.2, 0.25) is 0 Å². The molecule has 12 heavy (non-hydrogen) atoms. The van der Waals surface area contributed by atoms with Crippen LogP contribution in [0.1, 0.15) is 6.92 Å². The van der Waals surface area contributed by atoms with Gasteiger partial charge in [-0.2, -0.15) is 0 Å². The van der Waals surface area contributed by atoms with Crippen LogP contribution >= 0.6 is 15.9 Å². The maximum absolute atomic E-state index is 5.50. The number of hydrogen-bond acceptors (Lipinski definition) is 3. The van der Waals surface area contributed by atoms with Gasteiger partial charge in [-0.15, -0.1) is 0 Å². The summed E-state index contributed by atoms with van der Waals surface area (Å²) in [5, 5.41) is 0. The second kappa shape index (κ2) is 4.45. The molecule has 0 amide bonds. The number of hydrogen-bond donors (Lipinski definition) is 3. The molecule has 0 aromatic heterocycles. The summed E-state index contributed by atoms with van der Waals surface area (Å²) in [6.07, 6.45) is -0.0721. The number of benzene rings is 1. The lowest BCUT2D eigenvalue weighted by molar-refractivity contribution is 0.631. The molecular weight excluding hydrogens is 218 g/mol. The third-order valence-corrected chi connectivity index (χ3v) is 2.00. The van der Waals surface area contributed by atoms with Crippen molar-refractivity contribution in [1.82, 2.24) is 5.43 Å². The Kier molecular flexibility index (Phi) is 3.52. The maximum Gasteiger partial charge on any atom is 0.0696 e. The van der Waals surface area contributed by atoms with E-state index in [4.69, 9.17) is 5.73 Å². The highest BCUT2D eigenvalue weighted by atomic mass is 79.9. The number of anilines is 1. The van der Waals surface area contributed by atoms with Crippen molar-refractivity contribution in [2.24, 2.45) is 5.73 Å². The van der Waals surface area contributed by atoms with Crippen LogP contribution in [0.5, 0.6) is 0 Å². The molecule has 0 aliphatic heterocycles. The summed E-state index contributed by atoms with van der Waals surface area (Å²) in [6, 6.07) is 7.84. The van der Waals surface area contributed by atoms with E-state index >= 15 is 0 Å². The highest BCUT2D eigenvalue weighted by molar-refractivity contribution is 9.10. The lowest BCUT2D eigenvalue weighted by atomic mass is 10.3. The fourth-order valence-corrected chi connectivity index (χ4v) is 1.14. The Bertz CT molecular complexity index is 250. The second-order valence-corrected chi connectivity index (χ2v) is 3.39. The Morgan fingerprint density at radius 2 is 2.08 bits per heavy atom. The van der Waals surface area contributed by atoms with Gasteiger partial charge in [0.05, 0.1) is 11.9 Å². The van der Waals surface area contributed by atoms with Gasteiger partial charge in [-0.3, -0.25) is 0 Å². The number of nitrogens with two attached hydrogens (primary N) is 1. The molecule has 0 radical (unpaired) electrons. The first-order chi connectivity index (χ1) is 5.70. The Morgan fingerprint density at radius 1 is 1.42 bits per heavy atom. The largest absolute Gasteiger partial charge is 0.319 e. The van der Waals surface area contributed by atoms with Gasteiger partial charge in [-0.1, -0.05) is 12.1 Å². The molecule has 0 aliphatic carbocycles. The summed E-state index contributed by atoms with van der Waals surface area (Å²) >= 11 is 3.40. The van der Waals surface area contributed by atoms with Crippen LogP contribution in [0.3, 0.4) is 0 Å². The highest BCUT2D eigenvalue weighted by Crippen LogP contribution is 2.19. The van der Waals surface area contributed by atoms with Crippen LogP contribution in [0.25, 0.3) is 0 Å². The van der Waals surface area contributed by atoms with Crippen LogP contribution in [0, 0.1) is 0 Å². The van der Waals surface area contributed by atoms with Gasteiger partial charge in [0.1, 0.15) is 0 Å². The molecule has 0 fully saturated rings. The highest BCUT2D eigenvalue weighted by Gasteiger charge is 1.96. The summed E-state index contributed by atoms with van der Waals surface area (Å²) in [5.74, 6) is 0. The Balaban J connectivity index is 2.57. The standard InChI is InChI=1S/C8H12BrN3/c1-6(10)11-12-8-5-3-2-4-7(8)9/h2-6,11-12H,10H2,1H3. The van der Waals surface area contributed by atoms with E-state index in [9.17, 15) is 0 Å². The molecule has 0 spiro atoms. The van der Waals surface area contributed by atoms with E-state index < -0.39 is 0 Å². The van der Waals surface area contributed by atoms with Gasteiger partial charge >= 0.3 is 0 Å². The zero-order valence-electron chi connectivity index (χ0n) is 6.84. The number of rotatable bonds is 3. The molecule has 0 heterocycles. The van der Waals surface area contributed by atoms with E-state index in [1.807, 2.05) is 31.2 Å². The van der Waals surface area contributed by atoms with Crippen molar-refractivity contribution in [2.45, 2.75) is 13.1 Å². The van der Waals surface area contributed by atoms with Gasteiger partial charge in [0.15, 0.2) is 0 Å². The maximum atomic E-state index is 5.50. The van der Waals surface area contributed by atoms with E-state index in [0.29, 0.717) is 0 Å². The fourth-order valence-electron chi connectivity index (χ4n) is 0.754. The molecule has 1 aromatic carbocycles. The predicted octanol–water partition coefficient (Wildman–Crippen LogP) is 1.67. The average molecular weight is 230 g/mol. The fraction of sp³-hybridized carbons (Fsp3) is 0.250. The summed E-state index contributed by atoms with van der Waals surface area (Å²) in [4.78, 5) is 0. The smallest absolute Gasteiger partial charge is 0.0696 e. The van der Waals surface area contributed by atoms with Crippen LogP contribution in [0.4, 0.5) is 5.69 Å². The molecule has 1 aromatic rings. The van der Waals surface area contributed by atoms with Crippen LogP contribution in [-0.2, 0) is 0 Å². The molecule has 0 saturated carbocycles. The average Bonchev–Trinajstić information content (AvgIpc) is 2.03. The van der Waals surface area contributed by atoms with Gasteiger partial charge in [0.2, 0.25) is 0 Å². The van der Waals surface area contributed by atoms with E-state index in [2.05, 4.69) is 26.8 Å². The molecule has 4 heteroatoms. The molecule has 4 N–H and O–H groups in total. The van der Waals surface area contributed by atoms with Gasteiger partial charge in [-0.25, -0.2) is 5.43 Å². The zero-order valence-corrected chi connectivity index (χ0v) is 8.43. The minimum Gasteiger partial charge on any atom is -0.319 e. The summed E-state index contributed by atoms with van der Waals surface area (Å²) in [5.41, 5.74) is 12.4. The molecule has 1 unspecified atom stereocenters. The summed E-state index contributed by atoms with van der Waals surface area (Å²) in [6.45, 7) is 1.86. The van der Waals surface area contributed by atoms with Crippen molar-refractivity contribution in [3.05, 3.63) is 28.7 Å². The monoisotopic (exact) mass is 229 g/mol. The number of para-hydroxylation sites is 1. The minimum atomic E-state index is -0.0721. The minimum absolute atomic E-state index is 0.0721. The van der Waals surface area contributed by atoms with Gasteiger partial charge in [-0.05, 0) is 35.0 Å². The van der Waals surface area contributed by atoms with Crippen molar-refractivity contribution in [3.63, 3.8) is 0 Å². The summed E-state index contributed by atoms with van der Waals surface area (Å²) in [7, 11) is 0. The van der Waals surface area contributed by atoms with E-state index in [1.165, 1.54) is 0 Å². The molecule has 1 atom stereocenters. The summed E-state index contributed by atoms with van der Waals surface area (Å²) < 4.78 is 1.01. The first-order valence-corrected chi connectivity index (χ1v) is 4.51. The molecule has 0 saturated heterocycles. The second-order valence-electron chi connectivity index (χ2n) is 2.54. The molecule has 0 aliphatic rings. The van der Waals surface area contributed by atoms with Crippen molar-refractivity contribution >= 4 is 21.6 Å². The predicted molar refractivity (Wildman–Crippen MR) is 54.5 cm³/mol. The number of halogens is 1. The molecule has 66 valence electrons. The molecule has 3 nitrogen and oxygen atoms in total. The van der Waals surface area contributed by atoms with Crippen LogP contribution in [0.15, 0.2) is 28.7 Å². The van der Waals surface area contributed by atoms with Crippen molar-refractivity contribution in [3.8, 4) is 0 Å². The third-order valence-electron chi connectivity index (χ3n) is 1.31. The zero-order chi connectivity index (χ0) is 8.97. The van der Waals surface area contributed by atoms with Gasteiger partial charge in [0.25, 0.3) is 0 Å². The lowest BCUT2D eigenvalue weighted by Gasteiger charge is -2.12. The Hall–Kier alpha value is -0.580. The van der Waals surface area contributed by atoms with E-state index in [-0.39, 0.29) is 6.17 Å². The SMILES string of the molecule is CC(N)NNc1ccccc1Br. The Morgan fingerprint density at radius 3 is 2.67 bits per heavy atom. The van der Waals surface area contributed by atoms with Crippen molar-refractivity contribution in [2.75, 3.05) is 5.43 Å². The van der Waals surface area contributed by atoms with E-state index in [1.54, 1.807) is 0 Å². The third kappa shape index (κ3) is 2.81. The lowest BCUT2D eigenvalue weighted by Crippen LogP contribution is -2.38. The van der Waals surface area contributed by atoms with Crippen LogP contribution in [-0.4, -0.2) is 6.17 Å². The van der Waals surface area contributed by atoms with Crippen molar-refractivity contribution in [1.29, 1.82) is 0 Å². The quantitative estimate of drug-likeness (QED) is 0.546. The van der Waals surface area contributed by atoms with Gasteiger partial charge < -0.3 is 11.2 Å². The molecule has 0 bridgehead atoms. The first-order valence-electron chi connectivity index (χ1n) is 3.72.